The molecule has 3 N–H and O–H groups in total. The first-order valence-electron chi connectivity index (χ1n) is 9.41. The monoisotopic (exact) mass is 373 g/mol. The number of para-hydroxylation sites is 1. The molecular formula is C22H23N5O. The van der Waals surface area contributed by atoms with E-state index in [1.807, 2.05) is 37.3 Å². The van der Waals surface area contributed by atoms with Crippen LogP contribution in [0.2, 0.25) is 0 Å². The number of aliphatic imine (C=N–C) groups is 1. The second-order valence-electron chi connectivity index (χ2n) is 7.08. The van der Waals surface area contributed by atoms with E-state index in [0.717, 1.165) is 30.8 Å². The highest BCUT2D eigenvalue weighted by Crippen LogP contribution is 2.29. The van der Waals surface area contributed by atoms with Crippen molar-refractivity contribution in [2.24, 2.45) is 4.99 Å². The predicted molar refractivity (Wildman–Crippen MR) is 114 cm³/mol. The first kappa shape index (κ1) is 18.0. The maximum absolute atomic E-state index is 12.6. The number of nitrogens with one attached hydrogen (secondary N) is 1. The average Bonchev–Trinajstić information content (AvgIpc) is 3.19. The summed E-state index contributed by atoms with van der Waals surface area (Å²) in [6, 6.07) is 18.1. The molecular weight excluding hydrogens is 350 g/mol. The number of benzene rings is 2. The highest BCUT2D eigenvalue weighted by atomic mass is 16.1. The number of nitrogens with zero attached hydrogens (tertiary/aromatic N) is 3. The molecule has 6 heteroatoms. The molecule has 3 aromatic rings. The van der Waals surface area contributed by atoms with Crippen LogP contribution in [0, 0.1) is 6.92 Å². The van der Waals surface area contributed by atoms with E-state index >= 15 is 0 Å². The quantitative estimate of drug-likeness (QED) is 0.686. The van der Waals surface area contributed by atoms with Crippen LogP contribution in [0.3, 0.4) is 0 Å². The minimum Gasteiger partial charge on any atom is -0.383 e. The van der Waals surface area contributed by atoms with Crippen molar-refractivity contribution in [3.05, 3.63) is 81.6 Å². The third-order valence-electron chi connectivity index (χ3n) is 5.18. The number of rotatable bonds is 4. The molecule has 28 heavy (non-hydrogen) atoms. The summed E-state index contributed by atoms with van der Waals surface area (Å²) in [4.78, 5) is 26.4. The fourth-order valence-corrected chi connectivity index (χ4v) is 3.55. The van der Waals surface area contributed by atoms with E-state index in [2.05, 4.69) is 44.1 Å². The van der Waals surface area contributed by atoms with Gasteiger partial charge in [-0.1, -0.05) is 48.5 Å². The van der Waals surface area contributed by atoms with E-state index in [4.69, 9.17) is 5.73 Å². The van der Waals surface area contributed by atoms with Gasteiger partial charge < -0.3 is 10.6 Å². The molecule has 0 amide bonds. The number of aryl methyl sites for hydroxylation is 1. The minimum absolute atomic E-state index is 0.194. The third-order valence-corrected chi connectivity index (χ3v) is 5.18. The van der Waals surface area contributed by atoms with E-state index in [0.29, 0.717) is 11.9 Å². The molecule has 0 spiro atoms. The molecule has 1 unspecified atom stereocenters. The van der Waals surface area contributed by atoms with E-state index in [1.54, 1.807) is 0 Å². The van der Waals surface area contributed by atoms with Crippen LogP contribution in [0.1, 0.15) is 29.0 Å². The van der Waals surface area contributed by atoms with Gasteiger partial charge in [-0.15, -0.1) is 0 Å². The predicted octanol–water partition coefficient (Wildman–Crippen LogP) is 3.41. The summed E-state index contributed by atoms with van der Waals surface area (Å²) >= 11 is 0. The lowest BCUT2D eigenvalue weighted by Crippen LogP contribution is -2.27. The van der Waals surface area contributed by atoms with Gasteiger partial charge in [-0.3, -0.25) is 14.8 Å². The zero-order chi connectivity index (χ0) is 19.5. The Morgan fingerprint density at radius 1 is 1.18 bits per heavy atom. The number of aromatic nitrogens is 2. The van der Waals surface area contributed by atoms with E-state index in [1.165, 1.54) is 11.8 Å². The Morgan fingerprint density at radius 2 is 1.93 bits per heavy atom. The Morgan fingerprint density at radius 3 is 2.68 bits per heavy atom. The van der Waals surface area contributed by atoms with Crippen LogP contribution in [0.4, 0.5) is 17.5 Å². The molecule has 2 heterocycles. The molecule has 142 valence electrons. The topological polar surface area (TPSA) is 87.4 Å². The van der Waals surface area contributed by atoms with Gasteiger partial charge in [-0.25, -0.2) is 0 Å². The maximum Gasteiger partial charge on any atom is 0.263 e. The van der Waals surface area contributed by atoms with Crippen LogP contribution in [-0.4, -0.2) is 29.3 Å². The molecule has 6 nitrogen and oxygen atoms in total. The van der Waals surface area contributed by atoms with Gasteiger partial charge in [-0.05, 0) is 30.5 Å². The van der Waals surface area contributed by atoms with Crippen molar-refractivity contribution in [3.8, 4) is 0 Å². The molecule has 1 fully saturated rings. The Labute approximate surface area is 163 Å². The first-order valence-corrected chi connectivity index (χ1v) is 9.41. The molecule has 1 aliphatic heterocycles. The van der Waals surface area contributed by atoms with Gasteiger partial charge in [0, 0.05) is 25.2 Å². The van der Waals surface area contributed by atoms with Crippen LogP contribution in [-0.2, 0) is 0 Å². The van der Waals surface area contributed by atoms with Gasteiger partial charge in [0.05, 0.1) is 5.69 Å². The lowest BCUT2D eigenvalue weighted by Gasteiger charge is -2.17. The van der Waals surface area contributed by atoms with Gasteiger partial charge in [0.2, 0.25) is 5.95 Å². The molecule has 0 saturated carbocycles. The zero-order valence-corrected chi connectivity index (χ0v) is 15.8. The van der Waals surface area contributed by atoms with Crippen LogP contribution >= 0.6 is 0 Å². The summed E-state index contributed by atoms with van der Waals surface area (Å²) in [6.45, 7) is 3.61. The molecule has 0 bridgehead atoms. The highest BCUT2D eigenvalue weighted by molar-refractivity contribution is 5.87. The maximum atomic E-state index is 12.6. The summed E-state index contributed by atoms with van der Waals surface area (Å²) in [5.74, 6) is 1.14. The van der Waals surface area contributed by atoms with Gasteiger partial charge in [0.25, 0.3) is 5.56 Å². The summed E-state index contributed by atoms with van der Waals surface area (Å²) in [6.07, 6.45) is 2.51. The van der Waals surface area contributed by atoms with Crippen molar-refractivity contribution in [1.29, 1.82) is 0 Å². The smallest absolute Gasteiger partial charge is 0.263 e. The second-order valence-corrected chi connectivity index (χ2v) is 7.08. The second kappa shape index (κ2) is 7.68. The summed E-state index contributed by atoms with van der Waals surface area (Å²) < 4.78 is 0. The number of anilines is 2. The number of aromatic amines is 1. The Bertz CT molecular complexity index is 1060. The standard InChI is InChI=1S/C22H23N5O/c1-15-7-5-6-10-19(15)24-13-18-20(23)25-22(26-21(18)28)27-12-11-17(14-27)16-8-3-2-4-9-16/h2-10,13,17H,11-12,14H2,1H3,(H3,23,25,26,28). The first-order chi connectivity index (χ1) is 13.6. The SMILES string of the molecule is Cc1ccccc1N=Cc1c(N)nc(N2CCC(c3ccccc3)C2)[nH]c1=O. The molecule has 1 saturated heterocycles. The van der Waals surface area contributed by atoms with Crippen LogP contribution < -0.4 is 16.2 Å². The fourth-order valence-electron chi connectivity index (χ4n) is 3.55. The molecule has 1 aliphatic rings. The summed E-state index contributed by atoms with van der Waals surface area (Å²) in [7, 11) is 0. The minimum atomic E-state index is -0.275. The van der Waals surface area contributed by atoms with Gasteiger partial charge in [0.15, 0.2) is 0 Å². The van der Waals surface area contributed by atoms with E-state index < -0.39 is 0 Å². The largest absolute Gasteiger partial charge is 0.383 e. The fraction of sp³-hybridized carbons (Fsp3) is 0.227. The Kier molecular flexibility index (Phi) is 4.93. The lowest BCUT2D eigenvalue weighted by molar-refractivity contribution is 0.772. The summed E-state index contributed by atoms with van der Waals surface area (Å²) in [5, 5.41) is 0. The van der Waals surface area contributed by atoms with Crippen molar-refractivity contribution >= 4 is 23.7 Å². The number of H-pyrrole nitrogens is 1. The molecule has 4 rings (SSSR count). The van der Waals surface area contributed by atoms with Crippen molar-refractivity contribution in [3.63, 3.8) is 0 Å². The van der Waals surface area contributed by atoms with Crippen molar-refractivity contribution in [1.82, 2.24) is 9.97 Å². The van der Waals surface area contributed by atoms with Crippen molar-refractivity contribution in [2.75, 3.05) is 23.7 Å². The number of nitrogen functional groups attached to an aromatic ring is 1. The number of nitrogens with two attached hydrogens (primary N) is 1. The van der Waals surface area contributed by atoms with Gasteiger partial charge in [0.1, 0.15) is 11.4 Å². The summed E-state index contributed by atoms with van der Waals surface area (Å²) in [5.41, 5.74) is 9.24. The van der Waals surface area contributed by atoms with Crippen molar-refractivity contribution in [2.45, 2.75) is 19.3 Å². The third kappa shape index (κ3) is 3.67. The number of hydrogen-bond donors (Lipinski definition) is 2. The normalized spacial score (nSPS) is 16.8. The lowest BCUT2D eigenvalue weighted by atomic mass is 9.99. The van der Waals surface area contributed by atoms with E-state index in [9.17, 15) is 4.79 Å². The van der Waals surface area contributed by atoms with Crippen LogP contribution in [0.25, 0.3) is 0 Å². The molecule has 1 atom stereocenters. The zero-order valence-electron chi connectivity index (χ0n) is 15.8. The van der Waals surface area contributed by atoms with Crippen LogP contribution in [0.5, 0.6) is 0 Å². The Balaban J connectivity index is 1.55. The van der Waals surface area contributed by atoms with Gasteiger partial charge >= 0.3 is 0 Å². The molecule has 2 aromatic carbocycles. The van der Waals surface area contributed by atoms with Crippen LogP contribution in [0.15, 0.2) is 64.4 Å². The average molecular weight is 373 g/mol. The Hall–Kier alpha value is -3.41. The molecule has 0 radical (unpaired) electrons. The van der Waals surface area contributed by atoms with Crippen molar-refractivity contribution < 1.29 is 0 Å². The molecule has 1 aromatic heterocycles. The van der Waals surface area contributed by atoms with E-state index in [-0.39, 0.29) is 16.9 Å². The number of hydrogen-bond acceptors (Lipinski definition) is 5. The molecule has 0 aliphatic carbocycles. The van der Waals surface area contributed by atoms with Gasteiger partial charge in [-0.2, -0.15) is 4.98 Å². The highest BCUT2D eigenvalue weighted by Gasteiger charge is 2.26.